The first-order valence-corrected chi connectivity index (χ1v) is 7.78. The molecule has 1 saturated heterocycles. The summed E-state index contributed by atoms with van der Waals surface area (Å²) in [5.74, 6) is -0.691. The van der Waals surface area contributed by atoms with Gasteiger partial charge in [-0.15, -0.1) is 0 Å². The zero-order chi connectivity index (χ0) is 17.1. The van der Waals surface area contributed by atoms with Crippen LogP contribution in [-0.2, 0) is 15.0 Å². The van der Waals surface area contributed by atoms with Crippen LogP contribution < -0.4 is 4.90 Å². The van der Waals surface area contributed by atoms with Crippen LogP contribution in [0.3, 0.4) is 0 Å². The van der Waals surface area contributed by atoms with E-state index in [-0.39, 0.29) is 24.3 Å². The van der Waals surface area contributed by atoms with Gasteiger partial charge in [0.1, 0.15) is 0 Å². The van der Waals surface area contributed by atoms with Crippen LogP contribution in [0.4, 0.5) is 5.69 Å². The average Bonchev–Trinajstić information content (AvgIpc) is 2.99. The number of hydrogen-bond donors (Lipinski definition) is 0. The first-order chi connectivity index (χ1) is 11.5. The molecular weight excluding hydrogens is 304 g/mol. The zero-order valence-corrected chi connectivity index (χ0v) is 13.4. The van der Waals surface area contributed by atoms with Gasteiger partial charge in [0.15, 0.2) is 5.41 Å². The number of imide groups is 1. The van der Waals surface area contributed by atoms with Gasteiger partial charge in [0.25, 0.3) is 17.7 Å². The van der Waals surface area contributed by atoms with Crippen molar-refractivity contribution in [2.75, 3.05) is 18.5 Å². The zero-order valence-electron chi connectivity index (χ0n) is 13.4. The molecule has 0 atom stereocenters. The number of amides is 3. The summed E-state index contributed by atoms with van der Waals surface area (Å²) in [7, 11) is 1.48. The maximum atomic E-state index is 13.0. The average molecular weight is 320 g/mol. The van der Waals surface area contributed by atoms with Crippen molar-refractivity contribution in [2.24, 2.45) is 0 Å². The molecule has 2 aliphatic rings. The molecular formula is C19H16N2O3. The summed E-state index contributed by atoms with van der Waals surface area (Å²) in [6.07, 6.45) is 0. The standard InChI is InChI=1S/C19H16N2O3/c1-12-7-6-10-14-15(12)21(16(22)13-8-4-3-5-9-13)11-19(14)17(23)20(2)18(19)24/h3-10H,11H2,1-2H3. The summed E-state index contributed by atoms with van der Waals surface area (Å²) in [6, 6.07) is 14.4. The molecule has 3 amide bonds. The lowest BCUT2D eigenvalue weighted by molar-refractivity contribution is -0.165. The van der Waals surface area contributed by atoms with Crippen molar-refractivity contribution in [1.29, 1.82) is 0 Å². The summed E-state index contributed by atoms with van der Waals surface area (Å²) in [4.78, 5) is 40.8. The lowest BCUT2D eigenvalue weighted by atomic mass is 9.73. The second kappa shape index (κ2) is 4.77. The molecule has 1 spiro atoms. The van der Waals surface area contributed by atoms with Crippen LogP contribution in [0.15, 0.2) is 48.5 Å². The lowest BCUT2D eigenvalue weighted by Gasteiger charge is -2.42. The molecule has 5 nitrogen and oxygen atoms in total. The number of aryl methyl sites for hydroxylation is 1. The summed E-state index contributed by atoms with van der Waals surface area (Å²) in [6.45, 7) is 1.96. The van der Waals surface area contributed by atoms with Crippen molar-refractivity contribution in [3.05, 3.63) is 65.2 Å². The number of hydrogen-bond acceptors (Lipinski definition) is 3. The molecule has 0 N–H and O–H groups in total. The summed E-state index contributed by atoms with van der Waals surface area (Å²) in [5.41, 5.74) is 1.50. The normalized spacial score (nSPS) is 17.9. The van der Waals surface area contributed by atoms with Gasteiger partial charge in [-0.1, -0.05) is 36.4 Å². The summed E-state index contributed by atoms with van der Waals surface area (Å²) >= 11 is 0. The molecule has 2 aromatic rings. The molecule has 0 unspecified atom stereocenters. The summed E-state index contributed by atoms with van der Waals surface area (Å²) < 4.78 is 0. The van der Waals surface area contributed by atoms with Crippen molar-refractivity contribution in [1.82, 2.24) is 4.90 Å². The number of carbonyl (C=O) groups excluding carboxylic acids is 3. The number of para-hydroxylation sites is 1. The number of anilines is 1. The fraction of sp³-hybridized carbons (Fsp3) is 0.211. The molecule has 120 valence electrons. The minimum atomic E-state index is -1.24. The van der Waals surface area contributed by atoms with E-state index >= 15 is 0 Å². The third kappa shape index (κ3) is 1.61. The number of nitrogens with zero attached hydrogens (tertiary/aromatic N) is 2. The van der Waals surface area contributed by atoms with Crippen molar-refractivity contribution in [3.8, 4) is 0 Å². The molecule has 0 aliphatic carbocycles. The predicted molar refractivity (Wildman–Crippen MR) is 88.8 cm³/mol. The van der Waals surface area contributed by atoms with E-state index in [4.69, 9.17) is 0 Å². The molecule has 1 fully saturated rings. The van der Waals surface area contributed by atoms with Crippen LogP contribution in [0.2, 0.25) is 0 Å². The second-order valence-corrected chi connectivity index (χ2v) is 6.30. The van der Waals surface area contributed by atoms with Gasteiger partial charge in [0.05, 0.1) is 12.2 Å². The molecule has 0 saturated carbocycles. The predicted octanol–water partition coefficient (Wildman–Crippen LogP) is 1.89. The van der Waals surface area contributed by atoms with Crippen molar-refractivity contribution < 1.29 is 14.4 Å². The number of rotatable bonds is 1. The summed E-state index contributed by atoms with van der Waals surface area (Å²) in [5, 5.41) is 0. The number of fused-ring (bicyclic) bond motifs is 2. The van der Waals surface area contributed by atoms with Crippen LogP contribution in [0, 0.1) is 6.92 Å². The Balaban J connectivity index is 1.87. The smallest absolute Gasteiger partial charge is 0.258 e. The van der Waals surface area contributed by atoms with Crippen LogP contribution in [-0.4, -0.2) is 36.2 Å². The Morgan fingerprint density at radius 3 is 2.33 bits per heavy atom. The Labute approximate surface area is 139 Å². The van der Waals surface area contributed by atoms with E-state index < -0.39 is 5.41 Å². The molecule has 24 heavy (non-hydrogen) atoms. The SMILES string of the molecule is Cc1cccc2c1N(C(=O)c1ccccc1)CC21C(=O)N(C)C1=O. The minimum absolute atomic E-state index is 0.0723. The van der Waals surface area contributed by atoms with E-state index in [1.54, 1.807) is 35.2 Å². The maximum absolute atomic E-state index is 13.0. The van der Waals surface area contributed by atoms with Crippen LogP contribution in [0.1, 0.15) is 21.5 Å². The van der Waals surface area contributed by atoms with Gasteiger partial charge in [0.2, 0.25) is 0 Å². The Hall–Kier alpha value is -2.95. The fourth-order valence-electron chi connectivity index (χ4n) is 3.74. The Bertz CT molecular complexity index is 873. The third-order valence-electron chi connectivity index (χ3n) is 4.97. The Kier molecular flexibility index (Phi) is 2.91. The molecule has 0 radical (unpaired) electrons. The van der Waals surface area contributed by atoms with E-state index in [1.165, 1.54) is 7.05 Å². The molecule has 2 aromatic carbocycles. The largest absolute Gasteiger partial charge is 0.306 e. The van der Waals surface area contributed by atoms with E-state index in [0.29, 0.717) is 16.8 Å². The van der Waals surface area contributed by atoms with Crippen LogP contribution >= 0.6 is 0 Å². The van der Waals surface area contributed by atoms with Gasteiger partial charge in [-0.2, -0.15) is 0 Å². The fourth-order valence-corrected chi connectivity index (χ4v) is 3.74. The first-order valence-electron chi connectivity index (χ1n) is 7.78. The van der Waals surface area contributed by atoms with Gasteiger partial charge in [-0.3, -0.25) is 19.3 Å². The van der Waals surface area contributed by atoms with Gasteiger partial charge >= 0.3 is 0 Å². The molecule has 2 aliphatic heterocycles. The van der Waals surface area contributed by atoms with Gasteiger partial charge < -0.3 is 4.90 Å². The lowest BCUT2D eigenvalue weighted by Crippen LogP contribution is -2.69. The highest BCUT2D eigenvalue weighted by Gasteiger charge is 2.65. The van der Waals surface area contributed by atoms with E-state index in [1.807, 2.05) is 25.1 Å². The van der Waals surface area contributed by atoms with Crippen molar-refractivity contribution >= 4 is 23.4 Å². The Morgan fingerprint density at radius 1 is 1.00 bits per heavy atom. The van der Waals surface area contributed by atoms with E-state index in [0.717, 1.165) is 10.5 Å². The highest BCUT2D eigenvalue weighted by molar-refractivity contribution is 6.29. The topological polar surface area (TPSA) is 57.7 Å². The van der Waals surface area contributed by atoms with E-state index in [9.17, 15) is 14.4 Å². The number of benzene rings is 2. The van der Waals surface area contributed by atoms with Crippen molar-refractivity contribution in [2.45, 2.75) is 12.3 Å². The Morgan fingerprint density at radius 2 is 1.67 bits per heavy atom. The number of likely N-dealkylation sites (N-methyl/N-ethyl adjacent to an activating group) is 1. The second-order valence-electron chi connectivity index (χ2n) is 6.30. The van der Waals surface area contributed by atoms with Gasteiger partial charge in [-0.25, -0.2) is 0 Å². The number of carbonyl (C=O) groups is 3. The molecule has 0 bridgehead atoms. The van der Waals surface area contributed by atoms with Crippen LogP contribution in [0.5, 0.6) is 0 Å². The molecule has 4 rings (SSSR count). The third-order valence-corrected chi connectivity index (χ3v) is 4.97. The molecule has 2 heterocycles. The highest BCUT2D eigenvalue weighted by Crippen LogP contribution is 2.49. The number of likely N-dealkylation sites (tertiary alicyclic amines) is 1. The molecule has 5 heteroatoms. The van der Waals surface area contributed by atoms with Gasteiger partial charge in [-0.05, 0) is 24.6 Å². The van der Waals surface area contributed by atoms with Gasteiger partial charge in [0, 0.05) is 18.2 Å². The van der Waals surface area contributed by atoms with Crippen LogP contribution in [0.25, 0.3) is 0 Å². The van der Waals surface area contributed by atoms with Crippen molar-refractivity contribution in [3.63, 3.8) is 0 Å². The maximum Gasteiger partial charge on any atom is 0.258 e. The monoisotopic (exact) mass is 320 g/mol. The highest BCUT2D eigenvalue weighted by atomic mass is 16.2. The van der Waals surface area contributed by atoms with E-state index in [2.05, 4.69) is 0 Å². The quantitative estimate of drug-likeness (QED) is 0.595. The molecule has 0 aromatic heterocycles. The number of β-lactam (4-membered cyclic amide) rings is 2. The first kappa shape index (κ1) is 14.6. The minimum Gasteiger partial charge on any atom is -0.306 e.